The van der Waals surface area contributed by atoms with Gasteiger partial charge in [0.2, 0.25) is 5.91 Å². The summed E-state index contributed by atoms with van der Waals surface area (Å²) in [6.07, 6.45) is 3.28. The van der Waals surface area contributed by atoms with Gasteiger partial charge in [-0.05, 0) is 31.5 Å². The Balaban J connectivity index is 1.91. The molecule has 114 valence electrons. The summed E-state index contributed by atoms with van der Waals surface area (Å²) in [6, 6.07) is 1.82. The zero-order chi connectivity index (χ0) is 15.4. The molecule has 0 aliphatic carbocycles. The van der Waals surface area contributed by atoms with Crippen LogP contribution in [0, 0.1) is 16.8 Å². The third kappa shape index (κ3) is 4.78. The van der Waals surface area contributed by atoms with Crippen LogP contribution >= 0.6 is 23.6 Å². The fraction of sp³-hybridized carbons (Fsp3) is 0.500. The smallest absolute Gasteiger partial charge is 0.230 e. The molecule has 2 rings (SSSR count). The minimum atomic E-state index is -0.0718. The van der Waals surface area contributed by atoms with Gasteiger partial charge in [-0.2, -0.15) is 5.10 Å². The SMILES string of the molecule is Cc1[nH]c(=S)sc1CC(=O)Nc1ccn(CCC(C)C)n1. The molecule has 0 fully saturated rings. The van der Waals surface area contributed by atoms with Gasteiger partial charge in [0.1, 0.15) is 0 Å². The summed E-state index contributed by atoms with van der Waals surface area (Å²) in [7, 11) is 0. The molecule has 2 aromatic rings. The van der Waals surface area contributed by atoms with Crippen LogP contribution < -0.4 is 5.32 Å². The van der Waals surface area contributed by atoms with Crippen LogP contribution in [-0.4, -0.2) is 20.7 Å². The number of aromatic amines is 1. The van der Waals surface area contributed by atoms with Crippen molar-refractivity contribution in [1.82, 2.24) is 14.8 Å². The molecule has 21 heavy (non-hydrogen) atoms. The molecule has 0 saturated carbocycles. The number of thiazole rings is 1. The summed E-state index contributed by atoms with van der Waals surface area (Å²) in [6.45, 7) is 7.15. The van der Waals surface area contributed by atoms with Crippen molar-refractivity contribution >= 4 is 35.3 Å². The Morgan fingerprint density at radius 2 is 2.33 bits per heavy atom. The van der Waals surface area contributed by atoms with Crippen molar-refractivity contribution in [2.75, 3.05) is 5.32 Å². The summed E-state index contributed by atoms with van der Waals surface area (Å²) in [4.78, 5) is 16.0. The van der Waals surface area contributed by atoms with E-state index in [-0.39, 0.29) is 5.91 Å². The van der Waals surface area contributed by atoms with Crippen molar-refractivity contribution in [1.29, 1.82) is 0 Å². The van der Waals surface area contributed by atoms with Gasteiger partial charge in [-0.1, -0.05) is 13.8 Å². The van der Waals surface area contributed by atoms with Crippen molar-refractivity contribution in [3.05, 3.63) is 26.8 Å². The third-order valence-corrected chi connectivity index (χ3v) is 4.42. The van der Waals surface area contributed by atoms with Gasteiger partial charge < -0.3 is 10.3 Å². The average molecular weight is 324 g/mol. The summed E-state index contributed by atoms with van der Waals surface area (Å²) in [5.74, 6) is 1.16. The molecule has 5 nitrogen and oxygen atoms in total. The van der Waals surface area contributed by atoms with E-state index in [9.17, 15) is 4.79 Å². The lowest BCUT2D eigenvalue weighted by atomic mass is 10.1. The second kappa shape index (κ2) is 7.00. The van der Waals surface area contributed by atoms with Gasteiger partial charge in [0.05, 0.1) is 6.42 Å². The van der Waals surface area contributed by atoms with E-state index in [2.05, 4.69) is 29.2 Å². The molecule has 1 amide bonds. The van der Waals surface area contributed by atoms with Crippen molar-refractivity contribution < 1.29 is 4.79 Å². The molecule has 0 aliphatic rings. The standard InChI is InChI=1S/C14H20N4OS2/c1-9(2)4-6-18-7-5-12(17-18)16-13(19)8-11-10(3)15-14(20)21-11/h5,7,9H,4,6,8H2,1-3H3,(H,15,20)(H,16,17,19). The van der Waals surface area contributed by atoms with Crippen molar-refractivity contribution in [3.63, 3.8) is 0 Å². The van der Waals surface area contributed by atoms with E-state index in [0.29, 0.717) is 22.1 Å². The lowest BCUT2D eigenvalue weighted by Crippen LogP contribution is -2.15. The normalized spacial score (nSPS) is 11.0. The van der Waals surface area contributed by atoms with Gasteiger partial charge >= 0.3 is 0 Å². The number of hydrogen-bond acceptors (Lipinski definition) is 4. The van der Waals surface area contributed by atoms with E-state index in [1.165, 1.54) is 11.3 Å². The molecule has 2 aromatic heterocycles. The molecule has 0 unspecified atom stereocenters. The van der Waals surface area contributed by atoms with Crippen molar-refractivity contribution in [3.8, 4) is 0 Å². The summed E-state index contributed by atoms with van der Waals surface area (Å²) in [5.41, 5.74) is 0.961. The molecule has 7 heteroatoms. The van der Waals surface area contributed by atoms with E-state index in [1.807, 2.05) is 23.9 Å². The molecule has 0 radical (unpaired) electrons. The van der Waals surface area contributed by atoms with Crippen LogP contribution in [-0.2, 0) is 17.8 Å². The topological polar surface area (TPSA) is 62.7 Å². The fourth-order valence-corrected chi connectivity index (χ4v) is 3.17. The number of carbonyl (C=O) groups excluding carboxylic acids is 1. The zero-order valence-corrected chi connectivity index (χ0v) is 14.1. The summed E-state index contributed by atoms with van der Waals surface area (Å²) < 4.78 is 2.56. The van der Waals surface area contributed by atoms with Crippen molar-refractivity contribution in [2.45, 2.75) is 40.2 Å². The average Bonchev–Trinajstić information content (AvgIpc) is 2.94. The van der Waals surface area contributed by atoms with Gasteiger partial charge in [0.25, 0.3) is 0 Å². The number of anilines is 1. The minimum Gasteiger partial charge on any atom is -0.341 e. The van der Waals surface area contributed by atoms with Gasteiger partial charge in [0.15, 0.2) is 9.77 Å². The van der Waals surface area contributed by atoms with E-state index in [4.69, 9.17) is 12.2 Å². The third-order valence-electron chi connectivity index (χ3n) is 3.09. The highest BCUT2D eigenvalue weighted by Crippen LogP contribution is 2.16. The van der Waals surface area contributed by atoms with Crippen LogP contribution in [0.5, 0.6) is 0 Å². The summed E-state index contributed by atoms with van der Waals surface area (Å²) >= 11 is 6.51. The second-order valence-electron chi connectivity index (χ2n) is 5.43. The Labute approximate surface area is 133 Å². The van der Waals surface area contributed by atoms with Crippen LogP contribution in [0.3, 0.4) is 0 Å². The Morgan fingerprint density at radius 1 is 1.57 bits per heavy atom. The Hall–Kier alpha value is -1.47. The molecule has 2 N–H and O–H groups in total. The number of nitrogens with one attached hydrogen (secondary N) is 2. The molecule has 0 bridgehead atoms. The molecule has 0 saturated heterocycles. The first kappa shape index (κ1) is 15.9. The molecule has 0 spiro atoms. The number of carbonyl (C=O) groups is 1. The van der Waals surface area contributed by atoms with E-state index >= 15 is 0 Å². The molecule has 0 aromatic carbocycles. The summed E-state index contributed by atoms with van der Waals surface area (Å²) in [5, 5.41) is 7.17. The van der Waals surface area contributed by atoms with E-state index < -0.39 is 0 Å². The Morgan fingerprint density at radius 3 is 2.95 bits per heavy atom. The largest absolute Gasteiger partial charge is 0.341 e. The predicted molar refractivity (Wildman–Crippen MR) is 88.3 cm³/mol. The van der Waals surface area contributed by atoms with Crippen LogP contribution in [0.2, 0.25) is 0 Å². The number of rotatable bonds is 6. The maximum Gasteiger partial charge on any atom is 0.230 e. The number of nitrogens with zero attached hydrogens (tertiary/aromatic N) is 2. The molecule has 2 heterocycles. The lowest BCUT2D eigenvalue weighted by Gasteiger charge is -2.04. The number of aryl methyl sites for hydroxylation is 2. The number of H-pyrrole nitrogens is 1. The van der Waals surface area contributed by atoms with Crippen LogP contribution in [0.1, 0.15) is 30.8 Å². The first-order valence-electron chi connectivity index (χ1n) is 6.96. The molecule has 0 aliphatic heterocycles. The highest BCUT2D eigenvalue weighted by atomic mass is 32.1. The number of amides is 1. The van der Waals surface area contributed by atoms with Crippen LogP contribution in [0.25, 0.3) is 0 Å². The minimum absolute atomic E-state index is 0.0718. The first-order valence-corrected chi connectivity index (χ1v) is 8.18. The van der Waals surface area contributed by atoms with Crippen LogP contribution in [0.15, 0.2) is 12.3 Å². The highest BCUT2D eigenvalue weighted by Gasteiger charge is 2.10. The lowest BCUT2D eigenvalue weighted by molar-refractivity contribution is -0.115. The van der Waals surface area contributed by atoms with Gasteiger partial charge in [-0.25, -0.2) is 0 Å². The Kier molecular flexibility index (Phi) is 5.30. The maximum atomic E-state index is 12.0. The van der Waals surface area contributed by atoms with Gasteiger partial charge in [-0.15, -0.1) is 11.3 Å². The number of hydrogen-bond donors (Lipinski definition) is 2. The molecular formula is C14H20N4OS2. The Bertz CT molecular complexity index is 669. The second-order valence-corrected chi connectivity index (χ2v) is 7.21. The maximum absolute atomic E-state index is 12.0. The predicted octanol–water partition coefficient (Wildman–Crippen LogP) is 3.54. The van der Waals surface area contributed by atoms with E-state index in [1.54, 1.807) is 0 Å². The van der Waals surface area contributed by atoms with Crippen molar-refractivity contribution in [2.24, 2.45) is 5.92 Å². The van der Waals surface area contributed by atoms with Crippen LogP contribution in [0.4, 0.5) is 5.82 Å². The zero-order valence-electron chi connectivity index (χ0n) is 12.5. The van der Waals surface area contributed by atoms with E-state index in [0.717, 1.165) is 23.5 Å². The first-order chi connectivity index (χ1) is 9.94. The molecular weight excluding hydrogens is 304 g/mol. The quantitative estimate of drug-likeness (QED) is 0.799. The number of aromatic nitrogens is 3. The fourth-order valence-electron chi connectivity index (χ4n) is 1.88. The van der Waals surface area contributed by atoms with Gasteiger partial charge in [-0.3, -0.25) is 9.48 Å². The van der Waals surface area contributed by atoms with Gasteiger partial charge in [0, 0.05) is 29.4 Å². The highest BCUT2D eigenvalue weighted by molar-refractivity contribution is 7.73. The monoisotopic (exact) mass is 324 g/mol. The molecule has 0 atom stereocenters.